The van der Waals surface area contributed by atoms with Crippen LogP contribution < -0.4 is 5.32 Å². The van der Waals surface area contributed by atoms with Gasteiger partial charge in [-0.05, 0) is 34.6 Å². The van der Waals surface area contributed by atoms with E-state index in [2.05, 4.69) is 21.4 Å². The molecule has 1 heterocycles. The van der Waals surface area contributed by atoms with Gasteiger partial charge >= 0.3 is 0 Å². The zero-order chi connectivity index (χ0) is 14.6. The molecule has 0 fully saturated rings. The molecule has 1 rings (SSSR count). The number of thioether (sulfide) groups is 1. The maximum Gasteiger partial charge on any atom is 0.233 e. The van der Waals surface area contributed by atoms with E-state index in [0.29, 0.717) is 22.1 Å². The van der Waals surface area contributed by atoms with Gasteiger partial charge in [0.2, 0.25) is 5.91 Å². The Kier molecular flexibility index (Phi) is 5.31. The van der Waals surface area contributed by atoms with E-state index in [1.165, 1.54) is 11.8 Å². The van der Waals surface area contributed by atoms with Crippen molar-refractivity contribution >= 4 is 17.7 Å². The Bertz CT molecular complexity index is 522. The normalized spacial score (nSPS) is 12.1. The van der Waals surface area contributed by atoms with Gasteiger partial charge < -0.3 is 5.32 Å². The summed E-state index contributed by atoms with van der Waals surface area (Å²) in [5.74, 6) is 0.549. The summed E-state index contributed by atoms with van der Waals surface area (Å²) in [5, 5.41) is 12.3. The van der Waals surface area contributed by atoms with Crippen molar-refractivity contribution in [1.29, 1.82) is 5.26 Å². The zero-order valence-corrected chi connectivity index (χ0v) is 12.6. The summed E-state index contributed by atoms with van der Waals surface area (Å²) in [7, 11) is 0. The molecular weight excluding hydrogens is 260 g/mol. The largest absolute Gasteiger partial charge is 0.353 e. The van der Waals surface area contributed by atoms with Gasteiger partial charge in [-0.2, -0.15) is 5.26 Å². The number of hydrogen-bond acceptors (Lipinski definition) is 5. The van der Waals surface area contributed by atoms with Crippen LogP contribution >= 0.6 is 11.8 Å². The minimum atomic E-state index is -0.303. The molecule has 1 aromatic heterocycles. The monoisotopic (exact) mass is 278 g/mol. The van der Waals surface area contributed by atoms with Crippen LogP contribution in [0.3, 0.4) is 0 Å². The SMILES string of the molecule is Cc1nc(C)c(C#N)c(SC(C)C(=O)NC(C)C)n1. The minimum absolute atomic E-state index is 0.0576. The molecule has 0 aliphatic rings. The van der Waals surface area contributed by atoms with Crippen molar-refractivity contribution in [2.75, 3.05) is 0 Å². The van der Waals surface area contributed by atoms with E-state index in [1.54, 1.807) is 20.8 Å². The van der Waals surface area contributed by atoms with E-state index in [4.69, 9.17) is 5.26 Å². The molecule has 0 radical (unpaired) electrons. The average Bonchev–Trinajstić information content (AvgIpc) is 2.27. The smallest absolute Gasteiger partial charge is 0.233 e. The Morgan fingerprint density at radius 1 is 1.32 bits per heavy atom. The lowest BCUT2D eigenvalue weighted by atomic mass is 10.3. The van der Waals surface area contributed by atoms with Gasteiger partial charge in [-0.1, -0.05) is 11.8 Å². The first-order valence-electron chi connectivity index (χ1n) is 6.07. The van der Waals surface area contributed by atoms with Crippen LogP contribution in [-0.4, -0.2) is 27.2 Å². The van der Waals surface area contributed by atoms with E-state index in [-0.39, 0.29) is 17.2 Å². The van der Waals surface area contributed by atoms with Gasteiger partial charge in [0.05, 0.1) is 10.9 Å². The fourth-order valence-electron chi connectivity index (χ4n) is 1.52. The number of nitriles is 1. The second-order valence-corrected chi connectivity index (χ2v) is 5.90. The van der Waals surface area contributed by atoms with E-state index in [9.17, 15) is 4.79 Å². The van der Waals surface area contributed by atoms with Gasteiger partial charge in [-0.25, -0.2) is 9.97 Å². The Morgan fingerprint density at radius 2 is 1.95 bits per heavy atom. The third kappa shape index (κ3) is 4.21. The summed E-state index contributed by atoms with van der Waals surface area (Å²) in [6.07, 6.45) is 0. The van der Waals surface area contributed by atoms with Crippen LogP contribution in [0, 0.1) is 25.2 Å². The molecule has 0 aliphatic heterocycles. The Hall–Kier alpha value is -1.61. The summed E-state index contributed by atoms with van der Waals surface area (Å²) in [5.41, 5.74) is 1.09. The standard InChI is InChI=1S/C13H18N4OS/c1-7(2)15-12(18)9(4)19-13-11(6-14)8(3)16-10(5)17-13/h7,9H,1-5H3,(H,15,18). The van der Waals surface area contributed by atoms with Crippen LogP contribution in [0.4, 0.5) is 0 Å². The number of carbonyl (C=O) groups excluding carboxylic acids is 1. The predicted octanol–water partition coefficient (Wildman–Crippen LogP) is 1.97. The molecule has 0 aromatic carbocycles. The van der Waals surface area contributed by atoms with Crippen molar-refractivity contribution in [2.24, 2.45) is 0 Å². The lowest BCUT2D eigenvalue weighted by molar-refractivity contribution is -0.120. The number of hydrogen-bond donors (Lipinski definition) is 1. The molecule has 1 unspecified atom stereocenters. The third-order valence-electron chi connectivity index (χ3n) is 2.37. The van der Waals surface area contributed by atoms with E-state index in [0.717, 1.165) is 0 Å². The van der Waals surface area contributed by atoms with Gasteiger partial charge in [0.25, 0.3) is 0 Å². The first kappa shape index (κ1) is 15.4. The molecule has 1 amide bonds. The van der Waals surface area contributed by atoms with Crippen molar-refractivity contribution in [3.63, 3.8) is 0 Å². The number of nitrogens with one attached hydrogen (secondary N) is 1. The molecule has 0 spiro atoms. The Balaban J connectivity index is 2.94. The highest BCUT2D eigenvalue weighted by atomic mass is 32.2. The first-order valence-corrected chi connectivity index (χ1v) is 6.95. The summed E-state index contributed by atoms with van der Waals surface area (Å²) < 4.78 is 0. The topological polar surface area (TPSA) is 78.7 Å². The number of amides is 1. The first-order chi connectivity index (χ1) is 8.85. The second-order valence-electron chi connectivity index (χ2n) is 4.57. The summed E-state index contributed by atoms with van der Waals surface area (Å²) in [6.45, 7) is 9.17. The van der Waals surface area contributed by atoms with Gasteiger partial charge in [-0.3, -0.25) is 4.79 Å². The molecule has 5 nitrogen and oxygen atoms in total. The van der Waals surface area contributed by atoms with E-state index >= 15 is 0 Å². The van der Waals surface area contributed by atoms with Gasteiger partial charge in [0.15, 0.2) is 0 Å². The lowest BCUT2D eigenvalue weighted by Crippen LogP contribution is -2.36. The van der Waals surface area contributed by atoms with Gasteiger partial charge in [0, 0.05) is 6.04 Å². The number of aromatic nitrogens is 2. The zero-order valence-electron chi connectivity index (χ0n) is 11.8. The maximum atomic E-state index is 11.9. The van der Waals surface area contributed by atoms with Crippen LogP contribution in [0.15, 0.2) is 5.03 Å². The van der Waals surface area contributed by atoms with Crippen LogP contribution in [0.2, 0.25) is 0 Å². The van der Waals surface area contributed by atoms with E-state index in [1.807, 2.05) is 13.8 Å². The quantitative estimate of drug-likeness (QED) is 0.673. The van der Waals surface area contributed by atoms with Crippen LogP contribution in [0.25, 0.3) is 0 Å². The van der Waals surface area contributed by atoms with Crippen molar-refractivity contribution in [2.45, 2.75) is 50.9 Å². The van der Waals surface area contributed by atoms with Crippen molar-refractivity contribution in [3.8, 4) is 6.07 Å². The highest BCUT2D eigenvalue weighted by Crippen LogP contribution is 2.26. The summed E-state index contributed by atoms with van der Waals surface area (Å²) >= 11 is 1.29. The summed E-state index contributed by atoms with van der Waals surface area (Å²) in [6, 6.07) is 2.20. The molecule has 1 atom stereocenters. The molecular formula is C13H18N4OS. The molecule has 0 bridgehead atoms. The number of nitrogens with zero attached hydrogens (tertiary/aromatic N) is 3. The minimum Gasteiger partial charge on any atom is -0.353 e. The number of aryl methyl sites for hydroxylation is 2. The molecule has 0 aliphatic carbocycles. The van der Waals surface area contributed by atoms with Gasteiger partial charge in [-0.15, -0.1) is 0 Å². The fourth-order valence-corrected chi connectivity index (χ4v) is 2.52. The Labute approximate surface area is 117 Å². The number of carbonyl (C=O) groups is 1. The van der Waals surface area contributed by atoms with Crippen LogP contribution in [-0.2, 0) is 4.79 Å². The molecule has 0 saturated carbocycles. The second kappa shape index (κ2) is 6.53. The fraction of sp³-hybridized carbons (Fsp3) is 0.538. The van der Waals surface area contributed by atoms with E-state index < -0.39 is 0 Å². The maximum absolute atomic E-state index is 11.9. The summed E-state index contributed by atoms with van der Waals surface area (Å²) in [4.78, 5) is 20.3. The van der Waals surface area contributed by atoms with Crippen molar-refractivity contribution in [1.82, 2.24) is 15.3 Å². The Morgan fingerprint density at radius 3 is 2.47 bits per heavy atom. The molecule has 1 aromatic rings. The molecule has 1 N–H and O–H groups in total. The highest BCUT2D eigenvalue weighted by molar-refractivity contribution is 8.00. The molecule has 19 heavy (non-hydrogen) atoms. The highest BCUT2D eigenvalue weighted by Gasteiger charge is 2.19. The van der Waals surface area contributed by atoms with Gasteiger partial charge in [0.1, 0.15) is 22.5 Å². The lowest BCUT2D eigenvalue weighted by Gasteiger charge is -2.14. The van der Waals surface area contributed by atoms with Crippen LogP contribution in [0.5, 0.6) is 0 Å². The number of rotatable bonds is 4. The third-order valence-corrected chi connectivity index (χ3v) is 3.46. The van der Waals surface area contributed by atoms with Crippen molar-refractivity contribution in [3.05, 3.63) is 17.1 Å². The molecule has 6 heteroatoms. The average molecular weight is 278 g/mol. The molecule has 102 valence electrons. The van der Waals surface area contributed by atoms with Crippen LogP contribution in [0.1, 0.15) is 37.9 Å². The van der Waals surface area contributed by atoms with Crippen molar-refractivity contribution < 1.29 is 4.79 Å². The molecule has 0 saturated heterocycles. The predicted molar refractivity (Wildman–Crippen MR) is 74.8 cm³/mol.